The zero-order chi connectivity index (χ0) is 14.9. The second-order valence-electron chi connectivity index (χ2n) is 5.39. The molecule has 0 saturated carbocycles. The molecule has 3 aromatic rings. The summed E-state index contributed by atoms with van der Waals surface area (Å²) in [5.41, 5.74) is 2.72. The van der Waals surface area contributed by atoms with Gasteiger partial charge in [0.05, 0.1) is 0 Å². The maximum atomic E-state index is 2.44. The van der Waals surface area contributed by atoms with E-state index in [9.17, 15) is 0 Å². The number of anilines is 2. The van der Waals surface area contributed by atoms with Crippen LogP contribution in [-0.2, 0) is 0 Å². The van der Waals surface area contributed by atoms with Crippen molar-refractivity contribution in [2.24, 2.45) is 0 Å². The lowest BCUT2D eigenvalue weighted by Gasteiger charge is -2.37. The van der Waals surface area contributed by atoms with Gasteiger partial charge >= 0.3 is 0 Å². The van der Waals surface area contributed by atoms with E-state index in [2.05, 4.69) is 90.7 Å². The maximum Gasteiger partial charge on any atom is 0.0495 e. The maximum absolute atomic E-state index is 2.44. The van der Waals surface area contributed by atoms with Crippen molar-refractivity contribution in [1.82, 2.24) is 0 Å². The highest BCUT2D eigenvalue weighted by atomic mass is 31.1. The molecule has 0 unspecified atom stereocenters. The topological polar surface area (TPSA) is 3.24 Å². The SMILES string of the molecule is CCN1c2ccccc2P(c2ccccc2)c2ccccc21. The third-order valence-electron chi connectivity index (χ3n) is 4.16. The van der Waals surface area contributed by atoms with E-state index in [0.29, 0.717) is 0 Å². The van der Waals surface area contributed by atoms with E-state index in [1.165, 1.54) is 27.3 Å². The highest BCUT2D eigenvalue weighted by Crippen LogP contribution is 2.45. The molecular formula is C20H18NP. The summed E-state index contributed by atoms with van der Waals surface area (Å²) >= 11 is 0. The van der Waals surface area contributed by atoms with E-state index in [0.717, 1.165) is 6.54 Å². The summed E-state index contributed by atoms with van der Waals surface area (Å²) in [6, 6.07) is 28.7. The molecule has 0 amide bonds. The minimum Gasteiger partial charge on any atom is -0.341 e. The number of para-hydroxylation sites is 2. The van der Waals surface area contributed by atoms with Crippen LogP contribution in [0.15, 0.2) is 78.9 Å². The van der Waals surface area contributed by atoms with Gasteiger partial charge in [0.1, 0.15) is 0 Å². The number of fused-ring (bicyclic) bond motifs is 2. The van der Waals surface area contributed by atoms with Crippen molar-refractivity contribution < 1.29 is 0 Å². The molecule has 0 aliphatic carbocycles. The van der Waals surface area contributed by atoms with Gasteiger partial charge in [-0.15, -0.1) is 0 Å². The molecule has 0 radical (unpaired) electrons. The lowest BCUT2D eigenvalue weighted by Crippen LogP contribution is -2.35. The van der Waals surface area contributed by atoms with Crippen LogP contribution in [0, 0.1) is 0 Å². The van der Waals surface area contributed by atoms with Crippen LogP contribution in [0.1, 0.15) is 6.92 Å². The van der Waals surface area contributed by atoms with E-state index in [-0.39, 0.29) is 0 Å². The van der Waals surface area contributed by atoms with E-state index in [1.807, 2.05) is 0 Å². The fourth-order valence-corrected chi connectivity index (χ4v) is 5.82. The average Bonchev–Trinajstić information content (AvgIpc) is 2.60. The highest BCUT2D eigenvalue weighted by Gasteiger charge is 2.29. The smallest absolute Gasteiger partial charge is 0.0495 e. The van der Waals surface area contributed by atoms with Crippen LogP contribution in [0.3, 0.4) is 0 Å². The van der Waals surface area contributed by atoms with Gasteiger partial charge in [-0.3, -0.25) is 0 Å². The van der Waals surface area contributed by atoms with Gasteiger partial charge in [0, 0.05) is 28.5 Å². The third-order valence-corrected chi connectivity index (χ3v) is 6.69. The molecule has 0 saturated heterocycles. The number of rotatable bonds is 2. The molecule has 0 spiro atoms. The summed E-state index contributed by atoms with van der Waals surface area (Å²) in [6.07, 6.45) is 0. The standard InChI is InChI=1S/C20H18NP/c1-2-21-17-12-6-8-14-19(17)22(16-10-4-3-5-11-16)20-15-9-7-13-18(20)21/h3-15H,2H2,1H3. The zero-order valence-electron chi connectivity index (χ0n) is 12.6. The molecule has 0 atom stereocenters. The molecule has 108 valence electrons. The van der Waals surface area contributed by atoms with Crippen LogP contribution < -0.4 is 20.8 Å². The van der Waals surface area contributed by atoms with Crippen LogP contribution in [0.2, 0.25) is 0 Å². The fourth-order valence-electron chi connectivity index (χ4n) is 3.22. The van der Waals surface area contributed by atoms with Crippen LogP contribution in [0.25, 0.3) is 0 Å². The molecule has 1 aliphatic heterocycles. The Hall–Kier alpha value is -2.11. The van der Waals surface area contributed by atoms with Crippen molar-refractivity contribution in [3.63, 3.8) is 0 Å². The molecule has 0 aromatic heterocycles. The Morgan fingerprint density at radius 1 is 0.682 bits per heavy atom. The van der Waals surface area contributed by atoms with Gasteiger partial charge < -0.3 is 4.90 Å². The Kier molecular flexibility index (Phi) is 3.44. The van der Waals surface area contributed by atoms with E-state index in [4.69, 9.17) is 0 Å². The molecule has 4 rings (SSSR count). The Morgan fingerprint density at radius 2 is 1.18 bits per heavy atom. The minimum absolute atomic E-state index is 0.473. The summed E-state index contributed by atoms with van der Waals surface area (Å²) in [7, 11) is -0.473. The van der Waals surface area contributed by atoms with Crippen molar-refractivity contribution >= 4 is 35.2 Å². The number of hydrogen-bond donors (Lipinski definition) is 0. The van der Waals surface area contributed by atoms with Gasteiger partial charge in [0.2, 0.25) is 0 Å². The molecule has 1 nitrogen and oxygen atoms in total. The van der Waals surface area contributed by atoms with Crippen LogP contribution in [0.4, 0.5) is 11.4 Å². The molecule has 0 N–H and O–H groups in total. The van der Waals surface area contributed by atoms with Crippen molar-refractivity contribution in [1.29, 1.82) is 0 Å². The van der Waals surface area contributed by atoms with Gasteiger partial charge in [-0.05, 0) is 32.3 Å². The lowest BCUT2D eigenvalue weighted by atomic mass is 10.2. The Balaban J connectivity index is 2.00. The van der Waals surface area contributed by atoms with E-state index < -0.39 is 7.92 Å². The number of hydrogen-bond acceptors (Lipinski definition) is 1. The molecule has 1 heterocycles. The number of nitrogens with zero attached hydrogens (tertiary/aromatic N) is 1. The molecule has 2 heteroatoms. The normalized spacial score (nSPS) is 13.6. The van der Waals surface area contributed by atoms with Gasteiger partial charge in [-0.25, -0.2) is 0 Å². The Bertz CT molecular complexity index is 750. The summed E-state index contributed by atoms with van der Waals surface area (Å²) in [4.78, 5) is 2.44. The molecular weight excluding hydrogens is 285 g/mol. The van der Waals surface area contributed by atoms with E-state index >= 15 is 0 Å². The monoisotopic (exact) mass is 303 g/mol. The summed E-state index contributed by atoms with van der Waals surface area (Å²) in [5.74, 6) is 0. The van der Waals surface area contributed by atoms with Crippen molar-refractivity contribution in [3.8, 4) is 0 Å². The molecule has 3 aromatic carbocycles. The average molecular weight is 303 g/mol. The first-order chi connectivity index (χ1) is 10.9. The van der Waals surface area contributed by atoms with Gasteiger partial charge in [0.15, 0.2) is 0 Å². The quantitative estimate of drug-likeness (QED) is 0.649. The first-order valence-corrected chi connectivity index (χ1v) is 9.05. The number of benzene rings is 3. The molecule has 1 aliphatic rings. The van der Waals surface area contributed by atoms with Crippen molar-refractivity contribution in [2.45, 2.75) is 6.92 Å². The van der Waals surface area contributed by atoms with Gasteiger partial charge in [0.25, 0.3) is 0 Å². The Labute approximate surface area is 133 Å². The van der Waals surface area contributed by atoms with Gasteiger partial charge in [-0.2, -0.15) is 0 Å². The molecule has 22 heavy (non-hydrogen) atoms. The fraction of sp³-hybridized carbons (Fsp3) is 0.100. The summed E-state index contributed by atoms with van der Waals surface area (Å²) < 4.78 is 0. The predicted octanol–water partition coefficient (Wildman–Crippen LogP) is 3.92. The lowest BCUT2D eigenvalue weighted by molar-refractivity contribution is 1.03. The zero-order valence-corrected chi connectivity index (χ0v) is 13.5. The van der Waals surface area contributed by atoms with Crippen LogP contribution in [0.5, 0.6) is 0 Å². The largest absolute Gasteiger partial charge is 0.341 e. The summed E-state index contributed by atoms with van der Waals surface area (Å²) in [5, 5.41) is 4.35. The van der Waals surface area contributed by atoms with Crippen molar-refractivity contribution in [3.05, 3.63) is 78.9 Å². The summed E-state index contributed by atoms with van der Waals surface area (Å²) in [6.45, 7) is 3.22. The van der Waals surface area contributed by atoms with Crippen molar-refractivity contribution in [2.75, 3.05) is 11.4 Å². The first-order valence-electron chi connectivity index (χ1n) is 7.71. The highest BCUT2D eigenvalue weighted by molar-refractivity contribution is 7.80. The minimum atomic E-state index is -0.473. The second-order valence-corrected chi connectivity index (χ2v) is 7.54. The Morgan fingerprint density at radius 3 is 1.73 bits per heavy atom. The first kappa shape index (κ1) is 13.5. The third kappa shape index (κ3) is 2.05. The van der Waals surface area contributed by atoms with Crippen LogP contribution in [-0.4, -0.2) is 6.54 Å². The van der Waals surface area contributed by atoms with Crippen LogP contribution >= 0.6 is 7.92 Å². The predicted molar refractivity (Wildman–Crippen MR) is 97.8 cm³/mol. The second kappa shape index (κ2) is 5.59. The van der Waals surface area contributed by atoms with Gasteiger partial charge in [-0.1, -0.05) is 66.7 Å². The molecule has 0 fully saturated rings. The van der Waals surface area contributed by atoms with E-state index in [1.54, 1.807) is 0 Å². The molecule has 0 bridgehead atoms.